The molecule has 9 heteroatoms. The van der Waals surface area contributed by atoms with Crippen molar-refractivity contribution in [2.75, 3.05) is 19.2 Å². The second-order valence-electron chi connectivity index (χ2n) is 9.34. The van der Waals surface area contributed by atoms with E-state index in [1.54, 1.807) is 17.8 Å². The van der Waals surface area contributed by atoms with Crippen LogP contribution < -0.4 is 20.5 Å². The number of anilines is 2. The fourth-order valence-corrected chi connectivity index (χ4v) is 5.67. The van der Waals surface area contributed by atoms with E-state index in [-0.39, 0.29) is 23.6 Å². The zero-order valence-electron chi connectivity index (χ0n) is 18.6. The maximum Gasteiger partial charge on any atom is 0.330 e. The van der Waals surface area contributed by atoms with Crippen molar-refractivity contribution >= 4 is 22.8 Å². The predicted octanol–water partition coefficient (Wildman–Crippen LogP) is 3.36. The number of rotatable bonds is 4. The van der Waals surface area contributed by atoms with Crippen LogP contribution in [0.2, 0.25) is 0 Å². The Labute approximate surface area is 185 Å². The highest BCUT2D eigenvalue weighted by Gasteiger charge is 2.51. The summed E-state index contributed by atoms with van der Waals surface area (Å²) in [6.07, 6.45) is 7.42. The van der Waals surface area contributed by atoms with Gasteiger partial charge >= 0.3 is 5.69 Å². The molecule has 168 valence electrons. The number of ether oxygens (including phenoxy) is 3. The molecule has 32 heavy (non-hydrogen) atoms. The van der Waals surface area contributed by atoms with Crippen LogP contribution in [0.15, 0.2) is 23.1 Å². The summed E-state index contributed by atoms with van der Waals surface area (Å²) >= 11 is 0. The summed E-state index contributed by atoms with van der Waals surface area (Å²) in [5, 5.41) is 3.31. The highest BCUT2D eigenvalue weighted by atomic mass is 16.7. The molecule has 1 aliphatic heterocycles. The third kappa shape index (κ3) is 2.70. The Kier molecular flexibility index (Phi) is 4.11. The minimum absolute atomic E-state index is 0.0193. The van der Waals surface area contributed by atoms with Gasteiger partial charge in [0.25, 0.3) is 0 Å². The summed E-state index contributed by atoms with van der Waals surface area (Å²) in [7, 11) is 3.60. The summed E-state index contributed by atoms with van der Waals surface area (Å²) in [6, 6.07) is 3.83. The zero-order valence-corrected chi connectivity index (χ0v) is 18.6. The van der Waals surface area contributed by atoms with Gasteiger partial charge in [-0.05, 0) is 57.1 Å². The lowest BCUT2D eigenvalue weighted by atomic mass is 9.63. The van der Waals surface area contributed by atoms with Crippen molar-refractivity contribution in [3.05, 3.63) is 34.4 Å². The molecule has 0 atom stereocenters. The van der Waals surface area contributed by atoms with Crippen molar-refractivity contribution in [3.63, 3.8) is 0 Å². The molecule has 0 spiro atoms. The third-order valence-electron chi connectivity index (χ3n) is 7.81. The van der Waals surface area contributed by atoms with E-state index in [9.17, 15) is 4.79 Å². The van der Waals surface area contributed by atoms with E-state index in [0.717, 1.165) is 61.0 Å². The summed E-state index contributed by atoms with van der Waals surface area (Å²) in [5.41, 5.74) is 3.00. The van der Waals surface area contributed by atoms with Crippen molar-refractivity contribution in [1.82, 2.24) is 19.1 Å². The normalized spacial score (nSPS) is 26.1. The minimum atomic E-state index is -0.211. The topological polar surface area (TPSA) is 92.4 Å². The van der Waals surface area contributed by atoms with E-state index < -0.39 is 0 Å². The van der Waals surface area contributed by atoms with Gasteiger partial charge in [-0.2, -0.15) is 4.98 Å². The molecule has 1 N–H and O–H groups in total. The van der Waals surface area contributed by atoms with Gasteiger partial charge in [-0.25, -0.2) is 9.78 Å². The number of methoxy groups -OCH3 is 1. The summed E-state index contributed by atoms with van der Waals surface area (Å²) in [4.78, 5) is 22.7. The third-order valence-corrected chi connectivity index (χ3v) is 7.81. The quantitative estimate of drug-likeness (QED) is 0.669. The predicted molar refractivity (Wildman–Crippen MR) is 119 cm³/mol. The van der Waals surface area contributed by atoms with E-state index in [1.165, 1.54) is 0 Å². The number of imidazole rings is 1. The van der Waals surface area contributed by atoms with Gasteiger partial charge in [0.15, 0.2) is 17.1 Å². The second-order valence-corrected chi connectivity index (χ2v) is 9.34. The molecule has 3 heterocycles. The molecule has 0 amide bonds. The fourth-order valence-electron chi connectivity index (χ4n) is 5.67. The summed E-state index contributed by atoms with van der Waals surface area (Å²) in [5.74, 6) is 1.89. The van der Waals surface area contributed by atoms with Crippen LogP contribution in [0, 0.1) is 6.92 Å². The lowest BCUT2D eigenvalue weighted by Crippen LogP contribution is -2.54. The average molecular weight is 438 g/mol. The van der Waals surface area contributed by atoms with Crippen LogP contribution in [0.5, 0.6) is 11.5 Å². The maximum absolute atomic E-state index is 13.3. The molecule has 0 unspecified atom stereocenters. The van der Waals surface area contributed by atoms with E-state index in [1.807, 2.05) is 30.7 Å². The molecule has 4 aliphatic rings. The van der Waals surface area contributed by atoms with E-state index >= 15 is 0 Å². The van der Waals surface area contributed by atoms with Crippen molar-refractivity contribution in [3.8, 4) is 11.5 Å². The van der Waals surface area contributed by atoms with E-state index in [2.05, 4.69) is 10.3 Å². The number of fused-ring (bicyclic) bond motifs is 5. The molecule has 3 aromatic rings. The zero-order chi connectivity index (χ0) is 22.1. The monoisotopic (exact) mass is 437 g/mol. The Balaban J connectivity index is 1.42. The SMILES string of the molecule is COC12CCC(n3c(=O)n(C)c4cnc(Nc5cc6c(cc5C)OCO6)nc43)(CC1)CC2. The first-order valence-corrected chi connectivity index (χ1v) is 11.1. The number of hydrogen-bond donors (Lipinski definition) is 1. The smallest absolute Gasteiger partial charge is 0.330 e. The first-order valence-electron chi connectivity index (χ1n) is 11.1. The number of hydrogen-bond acceptors (Lipinski definition) is 7. The first-order chi connectivity index (χ1) is 15.4. The molecule has 3 aliphatic carbocycles. The molecule has 3 saturated carbocycles. The molecule has 7 rings (SSSR count). The van der Waals surface area contributed by atoms with Crippen LogP contribution in [0.25, 0.3) is 11.2 Å². The number of aromatic nitrogens is 4. The van der Waals surface area contributed by atoms with E-state index in [0.29, 0.717) is 17.3 Å². The van der Waals surface area contributed by atoms with Gasteiger partial charge in [0.2, 0.25) is 12.7 Å². The highest BCUT2D eigenvalue weighted by molar-refractivity contribution is 5.74. The van der Waals surface area contributed by atoms with Crippen molar-refractivity contribution in [2.24, 2.45) is 7.05 Å². The molecular formula is C23H27N5O4. The molecular weight excluding hydrogens is 410 g/mol. The summed E-state index contributed by atoms with van der Waals surface area (Å²) < 4.78 is 20.4. The lowest BCUT2D eigenvalue weighted by molar-refractivity contribution is -0.111. The molecule has 1 aromatic carbocycles. The van der Waals surface area contributed by atoms with Gasteiger partial charge in [0, 0.05) is 25.9 Å². The van der Waals surface area contributed by atoms with Gasteiger partial charge in [0.05, 0.1) is 17.3 Å². The van der Waals surface area contributed by atoms with Crippen molar-refractivity contribution in [2.45, 2.75) is 56.6 Å². The Morgan fingerprint density at radius 2 is 1.78 bits per heavy atom. The van der Waals surface area contributed by atoms with Crippen LogP contribution in [0.1, 0.15) is 44.1 Å². The molecule has 9 nitrogen and oxygen atoms in total. The number of benzene rings is 1. The molecule has 3 fully saturated rings. The summed E-state index contributed by atoms with van der Waals surface area (Å²) in [6.45, 7) is 2.22. The maximum atomic E-state index is 13.3. The standard InChI is InChI=1S/C23H27N5O4/c1-14-10-17-18(32-13-31-17)11-15(14)25-20-24-12-16-19(26-20)28(21(29)27(16)2)22-4-7-23(30-3,8-5-22)9-6-22/h10-12H,4-9,13H2,1-3H3,(H,24,25,26). The van der Waals surface area contributed by atoms with Crippen LogP contribution in [-0.2, 0) is 17.3 Å². The largest absolute Gasteiger partial charge is 0.454 e. The molecule has 0 radical (unpaired) electrons. The molecule has 2 bridgehead atoms. The Hall–Kier alpha value is -3.07. The minimum Gasteiger partial charge on any atom is -0.454 e. The van der Waals surface area contributed by atoms with Crippen molar-refractivity contribution in [1.29, 1.82) is 0 Å². The van der Waals surface area contributed by atoms with Gasteiger partial charge in [0.1, 0.15) is 5.52 Å². The molecule has 2 aromatic heterocycles. The van der Waals surface area contributed by atoms with Gasteiger partial charge in [-0.15, -0.1) is 0 Å². The molecule has 0 saturated heterocycles. The van der Waals surface area contributed by atoms with Crippen LogP contribution in [0.4, 0.5) is 11.6 Å². The van der Waals surface area contributed by atoms with Crippen LogP contribution >= 0.6 is 0 Å². The van der Waals surface area contributed by atoms with Gasteiger partial charge < -0.3 is 19.5 Å². The van der Waals surface area contributed by atoms with Gasteiger partial charge in [-0.1, -0.05) is 0 Å². The highest BCUT2D eigenvalue weighted by Crippen LogP contribution is 2.52. The van der Waals surface area contributed by atoms with Crippen molar-refractivity contribution < 1.29 is 14.2 Å². The van der Waals surface area contributed by atoms with Crippen LogP contribution in [0.3, 0.4) is 0 Å². The Morgan fingerprint density at radius 3 is 2.47 bits per heavy atom. The number of nitrogens with zero attached hydrogens (tertiary/aromatic N) is 4. The average Bonchev–Trinajstić information content (AvgIpc) is 3.37. The Morgan fingerprint density at radius 1 is 1.09 bits per heavy atom. The second kappa shape index (κ2) is 6.71. The lowest BCUT2D eigenvalue weighted by Gasteiger charge is -2.52. The number of nitrogens with one attached hydrogen (secondary N) is 1. The van der Waals surface area contributed by atoms with Crippen LogP contribution in [-0.4, -0.2) is 38.6 Å². The first kappa shape index (κ1) is 19.6. The Bertz CT molecular complexity index is 1270. The fraction of sp³-hybridized carbons (Fsp3) is 0.522. The number of aryl methyl sites for hydroxylation is 2. The van der Waals surface area contributed by atoms with Gasteiger partial charge in [-0.3, -0.25) is 9.13 Å². The van der Waals surface area contributed by atoms with E-state index in [4.69, 9.17) is 19.2 Å².